The summed E-state index contributed by atoms with van der Waals surface area (Å²) in [7, 11) is 0. The Labute approximate surface area is 162 Å². The van der Waals surface area contributed by atoms with Gasteiger partial charge in [0.2, 0.25) is 0 Å². The molecule has 0 atom stereocenters. The Kier molecular flexibility index (Phi) is 4.66. The molecule has 27 heavy (non-hydrogen) atoms. The number of hydrogen-bond donors (Lipinski definition) is 0. The highest BCUT2D eigenvalue weighted by Gasteiger charge is 2.23. The molecule has 1 aromatic carbocycles. The van der Waals surface area contributed by atoms with Gasteiger partial charge in [-0.2, -0.15) is 0 Å². The van der Waals surface area contributed by atoms with Gasteiger partial charge in [-0.1, -0.05) is 24.3 Å². The van der Waals surface area contributed by atoms with Crippen LogP contribution in [0.1, 0.15) is 61.9 Å². The Morgan fingerprint density at radius 1 is 0.926 bits per heavy atom. The SMILES string of the molecule is Cc1oc(C=O)cc1C1=C(c2cc(-c3ccc(C=O)cc3)sc2C)CCC1. The number of carbonyl (C=O) groups excluding carboxylic acids is 2. The summed E-state index contributed by atoms with van der Waals surface area (Å²) in [4.78, 5) is 24.4. The van der Waals surface area contributed by atoms with Crippen LogP contribution >= 0.6 is 11.3 Å². The Morgan fingerprint density at radius 3 is 2.26 bits per heavy atom. The van der Waals surface area contributed by atoms with Gasteiger partial charge in [0.25, 0.3) is 0 Å². The molecule has 0 bridgehead atoms. The second-order valence-electron chi connectivity index (χ2n) is 6.87. The normalized spacial score (nSPS) is 14.0. The standard InChI is InChI=1S/C23H20O3S/c1-14-21(10-18(13-25)26-14)19-4-3-5-20(19)22-11-23(27-15(22)2)17-8-6-16(12-24)7-9-17/h6-13H,3-5H2,1-2H3. The van der Waals surface area contributed by atoms with Crippen LogP contribution in [0.3, 0.4) is 0 Å². The first kappa shape index (κ1) is 17.7. The molecular weight excluding hydrogens is 356 g/mol. The quantitative estimate of drug-likeness (QED) is 0.488. The minimum absolute atomic E-state index is 0.388. The van der Waals surface area contributed by atoms with E-state index in [1.165, 1.54) is 26.5 Å². The van der Waals surface area contributed by atoms with Crippen molar-refractivity contribution in [1.29, 1.82) is 0 Å². The minimum atomic E-state index is 0.388. The molecule has 0 saturated carbocycles. The van der Waals surface area contributed by atoms with Crippen LogP contribution in [0.15, 0.2) is 40.8 Å². The molecule has 0 unspecified atom stereocenters. The van der Waals surface area contributed by atoms with E-state index in [0.29, 0.717) is 11.3 Å². The lowest BCUT2D eigenvalue weighted by molar-refractivity contribution is 0.109. The number of rotatable bonds is 5. The van der Waals surface area contributed by atoms with E-state index in [4.69, 9.17) is 4.42 Å². The van der Waals surface area contributed by atoms with Crippen molar-refractivity contribution in [2.45, 2.75) is 33.1 Å². The van der Waals surface area contributed by atoms with Crippen molar-refractivity contribution in [2.24, 2.45) is 0 Å². The smallest absolute Gasteiger partial charge is 0.185 e. The zero-order valence-electron chi connectivity index (χ0n) is 15.4. The number of carbonyl (C=O) groups is 2. The van der Waals surface area contributed by atoms with Crippen molar-refractivity contribution in [3.05, 3.63) is 69.5 Å². The van der Waals surface area contributed by atoms with Crippen LogP contribution in [0.5, 0.6) is 0 Å². The van der Waals surface area contributed by atoms with Gasteiger partial charge in [-0.05, 0) is 67.5 Å². The molecule has 3 nitrogen and oxygen atoms in total. The zero-order valence-corrected chi connectivity index (χ0v) is 16.2. The molecule has 1 aliphatic carbocycles. The van der Waals surface area contributed by atoms with Gasteiger partial charge >= 0.3 is 0 Å². The Balaban J connectivity index is 1.77. The number of allylic oxidation sites excluding steroid dienone is 2. The Hall–Kier alpha value is -2.72. The third kappa shape index (κ3) is 3.21. The maximum atomic E-state index is 11.1. The molecule has 0 saturated heterocycles. The lowest BCUT2D eigenvalue weighted by atomic mass is 9.97. The molecule has 136 valence electrons. The van der Waals surface area contributed by atoms with E-state index in [9.17, 15) is 9.59 Å². The van der Waals surface area contributed by atoms with E-state index in [-0.39, 0.29) is 0 Å². The fourth-order valence-corrected chi connectivity index (χ4v) is 4.90. The molecule has 0 aliphatic heterocycles. The molecule has 0 amide bonds. The third-order valence-corrected chi connectivity index (χ3v) is 6.27. The van der Waals surface area contributed by atoms with E-state index in [1.807, 2.05) is 37.3 Å². The molecule has 0 fully saturated rings. The minimum Gasteiger partial charge on any atom is -0.458 e. The van der Waals surface area contributed by atoms with Gasteiger partial charge in [-0.25, -0.2) is 0 Å². The number of aldehydes is 2. The third-order valence-electron chi connectivity index (χ3n) is 5.17. The molecule has 1 aliphatic rings. The zero-order chi connectivity index (χ0) is 19.0. The van der Waals surface area contributed by atoms with Crippen LogP contribution in [-0.2, 0) is 0 Å². The van der Waals surface area contributed by atoms with E-state index >= 15 is 0 Å². The average Bonchev–Trinajstić information content (AvgIpc) is 3.39. The van der Waals surface area contributed by atoms with Crippen molar-refractivity contribution in [3.8, 4) is 10.4 Å². The van der Waals surface area contributed by atoms with Crippen molar-refractivity contribution in [2.75, 3.05) is 0 Å². The van der Waals surface area contributed by atoms with Crippen molar-refractivity contribution < 1.29 is 14.0 Å². The monoisotopic (exact) mass is 376 g/mol. The maximum absolute atomic E-state index is 11.1. The number of thiophene rings is 1. The molecule has 2 aromatic heterocycles. The highest BCUT2D eigenvalue weighted by Crippen LogP contribution is 2.45. The van der Waals surface area contributed by atoms with Crippen LogP contribution in [0.2, 0.25) is 0 Å². The van der Waals surface area contributed by atoms with Crippen molar-refractivity contribution >= 4 is 35.1 Å². The molecule has 0 radical (unpaired) electrons. The largest absolute Gasteiger partial charge is 0.458 e. The average molecular weight is 376 g/mol. The molecule has 4 heteroatoms. The topological polar surface area (TPSA) is 47.3 Å². The number of hydrogen-bond acceptors (Lipinski definition) is 4. The Bertz CT molecular complexity index is 1050. The summed E-state index contributed by atoms with van der Waals surface area (Å²) in [6.07, 6.45) is 4.79. The summed E-state index contributed by atoms with van der Waals surface area (Å²) in [6.45, 7) is 4.08. The fourth-order valence-electron chi connectivity index (χ4n) is 3.85. The van der Waals surface area contributed by atoms with Gasteiger partial charge in [0.15, 0.2) is 12.0 Å². The van der Waals surface area contributed by atoms with Gasteiger partial charge in [-0.3, -0.25) is 9.59 Å². The van der Waals surface area contributed by atoms with Crippen molar-refractivity contribution in [3.63, 3.8) is 0 Å². The van der Waals surface area contributed by atoms with E-state index in [2.05, 4.69) is 13.0 Å². The van der Waals surface area contributed by atoms with Gasteiger partial charge in [0.05, 0.1) is 0 Å². The molecule has 0 spiro atoms. The lowest BCUT2D eigenvalue weighted by Gasteiger charge is -2.06. The molecule has 4 rings (SSSR count). The maximum Gasteiger partial charge on any atom is 0.185 e. The van der Waals surface area contributed by atoms with Crippen LogP contribution < -0.4 is 0 Å². The van der Waals surface area contributed by atoms with E-state index in [0.717, 1.165) is 48.7 Å². The van der Waals surface area contributed by atoms with Crippen LogP contribution in [0.4, 0.5) is 0 Å². The Morgan fingerprint density at radius 2 is 1.63 bits per heavy atom. The lowest BCUT2D eigenvalue weighted by Crippen LogP contribution is -1.86. The number of benzene rings is 1. The summed E-state index contributed by atoms with van der Waals surface area (Å²) in [5.41, 5.74) is 6.83. The fraction of sp³-hybridized carbons (Fsp3) is 0.217. The van der Waals surface area contributed by atoms with Gasteiger partial charge in [-0.15, -0.1) is 11.3 Å². The van der Waals surface area contributed by atoms with Crippen LogP contribution in [0, 0.1) is 13.8 Å². The highest BCUT2D eigenvalue weighted by atomic mass is 32.1. The first-order chi connectivity index (χ1) is 13.1. The second-order valence-corrected chi connectivity index (χ2v) is 8.12. The molecule has 3 aromatic rings. The van der Waals surface area contributed by atoms with Gasteiger partial charge in [0.1, 0.15) is 12.0 Å². The molecule has 0 N–H and O–H groups in total. The van der Waals surface area contributed by atoms with E-state index in [1.54, 1.807) is 11.3 Å². The van der Waals surface area contributed by atoms with Crippen LogP contribution in [-0.4, -0.2) is 12.6 Å². The number of furan rings is 1. The van der Waals surface area contributed by atoms with E-state index < -0.39 is 0 Å². The van der Waals surface area contributed by atoms with Crippen molar-refractivity contribution in [1.82, 2.24) is 0 Å². The molecular formula is C23H20O3S. The number of aryl methyl sites for hydroxylation is 2. The summed E-state index contributed by atoms with van der Waals surface area (Å²) in [5, 5.41) is 0. The predicted molar refractivity (Wildman–Crippen MR) is 109 cm³/mol. The first-order valence-electron chi connectivity index (χ1n) is 9.05. The first-order valence-corrected chi connectivity index (χ1v) is 9.86. The second kappa shape index (κ2) is 7.12. The van der Waals surface area contributed by atoms with Crippen LogP contribution in [0.25, 0.3) is 21.6 Å². The highest BCUT2D eigenvalue weighted by molar-refractivity contribution is 7.15. The summed E-state index contributed by atoms with van der Waals surface area (Å²) >= 11 is 1.78. The summed E-state index contributed by atoms with van der Waals surface area (Å²) in [5.74, 6) is 1.20. The summed E-state index contributed by atoms with van der Waals surface area (Å²) < 4.78 is 5.56. The van der Waals surface area contributed by atoms with Gasteiger partial charge in [0, 0.05) is 20.9 Å². The van der Waals surface area contributed by atoms with Gasteiger partial charge < -0.3 is 4.42 Å². The molecule has 2 heterocycles. The predicted octanol–water partition coefficient (Wildman–Crippen LogP) is 6.34. The summed E-state index contributed by atoms with van der Waals surface area (Å²) in [6, 6.07) is 11.8.